The van der Waals surface area contributed by atoms with Gasteiger partial charge in [-0.25, -0.2) is 0 Å². The van der Waals surface area contributed by atoms with Crippen LogP contribution in [0.2, 0.25) is 0 Å². The maximum atomic E-state index is 12.5. The lowest BCUT2D eigenvalue weighted by atomic mass is 9.99. The molecule has 3 rings (SSSR count). The van der Waals surface area contributed by atoms with E-state index in [9.17, 15) is 4.79 Å². The van der Waals surface area contributed by atoms with E-state index in [0.29, 0.717) is 32.0 Å². The Morgan fingerprint density at radius 3 is 2.74 bits per heavy atom. The van der Waals surface area contributed by atoms with Gasteiger partial charge in [0.1, 0.15) is 6.10 Å². The molecule has 0 radical (unpaired) electrons. The van der Waals surface area contributed by atoms with Gasteiger partial charge < -0.3 is 9.64 Å². The number of hydrogen-bond acceptors (Lipinski definition) is 3. The van der Waals surface area contributed by atoms with Crippen LogP contribution in [0.3, 0.4) is 0 Å². The Hall–Kier alpha value is -1.65. The topological polar surface area (TPSA) is 29.5 Å². The van der Waals surface area contributed by atoms with Gasteiger partial charge in [-0.05, 0) is 28.5 Å². The highest BCUT2D eigenvalue weighted by atomic mass is 32.1. The highest BCUT2D eigenvalue weighted by Gasteiger charge is 2.25. The van der Waals surface area contributed by atoms with Crippen molar-refractivity contribution < 1.29 is 9.53 Å². The van der Waals surface area contributed by atoms with E-state index in [0.717, 1.165) is 10.4 Å². The Kier molecular flexibility index (Phi) is 5.13. The molecule has 0 aliphatic carbocycles. The highest BCUT2D eigenvalue weighted by molar-refractivity contribution is 7.10. The fourth-order valence-electron chi connectivity index (χ4n) is 2.85. The smallest absolute Gasteiger partial charge is 0.228 e. The van der Waals surface area contributed by atoms with E-state index < -0.39 is 0 Å². The zero-order chi connectivity index (χ0) is 16.2. The van der Waals surface area contributed by atoms with E-state index in [-0.39, 0.29) is 12.0 Å². The van der Waals surface area contributed by atoms with Crippen molar-refractivity contribution in [3.8, 4) is 0 Å². The molecule has 1 saturated heterocycles. The normalized spacial score (nSPS) is 18.4. The van der Waals surface area contributed by atoms with Crippen LogP contribution in [-0.4, -0.2) is 30.5 Å². The summed E-state index contributed by atoms with van der Waals surface area (Å²) in [6.45, 7) is 6.32. The second-order valence-electron chi connectivity index (χ2n) is 6.28. The maximum absolute atomic E-state index is 12.5. The van der Waals surface area contributed by atoms with E-state index in [1.807, 2.05) is 22.4 Å². The number of hydrogen-bond donors (Lipinski definition) is 0. The molecule has 122 valence electrons. The number of ether oxygens (including phenoxy) is 1. The van der Waals surface area contributed by atoms with Crippen LogP contribution < -0.4 is 0 Å². The van der Waals surface area contributed by atoms with Crippen molar-refractivity contribution >= 4 is 17.2 Å². The Morgan fingerprint density at radius 2 is 2.09 bits per heavy atom. The summed E-state index contributed by atoms with van der Waals surface area (Å²) in [5, 5.41) is 2.01. The van der Waals surface area contributed by atoms with Crippen molar-refractivity contribution in [2.24, 2.45) is 0 Å². The third-order valence-electron chi connectivity index (χ3n) is 4.30. The van der Waals surface area contributed by atoms with E-state index in [4.69, 9.17) is 4.74 Å². The van der Waals surface area contributed by atoms with E-state index in [2.05, 4.69) is 38.1 Å². The van der Waals surface area contributed by atoms with Gasteiger partial charge in [-0.2, -0.15) is 0 Å². The molecule has 0 saturated carbocycles. The van der Waals surface area contributed by atoms with Gasteiger partial charge in [-0.1, -0.05) is 44.2 Å². The minimum absolute atomic E-state index is 0.0164. The lowest BCUT2D eigenvalue weighted by molar-refractivity contribution is -0.138. The first-order chi connectivity index (χ1) is 11.1. The number of benzene rings is 1. The molecule has 3 nitrogen and oxygen atoms in total. The van der Waals surface area contributed by atoms with Crippen LogP contribution in [0.15, 0.2) is 41.8 Å². The van der Waals surface area contributed by atoms with Gasteiger partial charge in [0.25, 0.3) is 0 Å². The zero-order valence-electron chi connectivity index (χ0n) is 13.7. The third-order valence-corrected chi connectivity index (χ3v) is 5.18. The lowest BCUT2D eigenvalue weighted by Crippen LogP contribution is -2.42. The summed E-state index contributed by atoms with van der Waals surface area (Å²) in [4.78, 5) is 15.5. The molecular weight excluding hydrogens is 306 g/mol. The van der Waals surface area contributed by atoms with Gasteiger partial charge in [0.2, 0.25) is 5.91 Å². The first-order valence-corrected chi connectivity index (χ1v) is 9.03. The molecule has 2 heterocycles. The largest absolute Gasteiger partial charge is 0.370 e. The van der Waals surface area contributed by atoms with Crippen molar-refractivity contribution in [1.29, 1.82) is 0 Å². The van der Waals surface area contributed by atoms with Crippen LogP contribution in [0, 0.1) is 0 Å². The highest BCUT2D eigenvalue weighted by Crippen LogP contribution is 2.25. The molecule has 1 aliphatic heterocycles. The van der Waals surface area contributed by atoms with Crippen molar-refractivity contribution in [3.05, 3.63) is 57.8 Å². The molecule has 1 unspecified atom stereocenters. The molecule has 0 bridgehead atoms. The molecule has 1 fully saturated rings. The van der Waals surface area contributed by atoms with Gasteiger partial charge in [0.15, 0.2) is 0 Å². The predicted octanol–water partition coefficient (Wildman–Crippen LogP) is 4.01. The Balaban J connectivity index is 1.64. The number of carbonyl (C=O) groups excluding carboxylic acids is 1. The number of amides is 1. The van der Waals surface area contributed by atoms with Gasteiger partial charge in [0.05, 0.1) is 19.6 Å². The maximum Gasteiger partial charge on any atom is 0.228 e. The summed E-state index contributed by atoms with van der Waals surface area (Å²) in [6.07, 6.45) is 0.480. The molecule has 1 aromatic heterocycles. The van der Waals surface area contributed by atoms with Crippen molar-refractivity contribution in [3.63, 3.8) is 0 Å². The number of rotatable bonds is 4. The fourth-order valence-corrected chi connectivity index (χ4v) is 3.54. The molecule has 2 aromatic rings. The van der Waals surface area contributed by atoms with E-state index in [1.165, 1.54) is 5.56 Å². The number of nitrogens with zero attached hydrogens (tertiary/aromatic N) is 1. The molecule has 0 N–H and O–H groups in total. The minimum Gasteiger partial charge on any atom is -0.370 e. The molecule has 1 aliphatic rings. The third kappa shape index (κ3) is 4.01. The van der Waals surface area contributed by atoms with Crippen LogP contribution in [0.25, 0.3) is 0 Å². The Morgan fingerprint density at radius 1 is 1.30 bits per heavy atom. The van der Waals surface area contributed by atoms with Crippen molar-refractivity contribution in [1.82, 2.24) is 4.90 Å². The van der Waals surface area contributed by atoms with Crippen molar-refractivity contribution in [2.75, 3.05) is 19.7 Å². The molecule has 1 amide bonds. The van der Waals surface area contributed by atoms with Crippen LogP contribution in [0.1, 0.15) is 41.9 Å². The first kappa shape index (κ1) is 16.2. The average molecular weight is 329 g/mol. The standard InChI is InChI=1S/C19H23NO2S/c1-14(2)15-5-7-16(8-6-15)18-13-20(9-10-22-18)19(21)12-17-4-3-11-23-17/h3-8,11,14,18H,9-10,12-13H2,1-2H3. The summed E-state index contributed by atoms with van der Waals surface area (Å²) in [7, 11) is 0. The number of morpholine rings is 1. The fraction of sp³-hybridized carbons (Fsp3) is 0.421. The number of thiophene rings is 1. The van der Waals surface area contributed by atoms with Crippen LogP contribution >= 0.6 is 11.3 Å². The van der Waals surface area contributed by atoms with E-state index in [1.54, 1.807) is 11.3 Å². The van der Waals surface area contributed by atoms with Gasteiger partial charge >= 0.3 is 0 Å². The van der Waals surface area contributed by atoms with E-state index >= 15 is 0 Å². The quantitative estimate of drug-likeness (QED) is 0.848. The summed E-state index contributed by atoms with van der Waals surface area (Å²) < 4.78 is 5.89. The van der Waals surface area contributed by atoms with Crippen LogP contribution in [0.5, 0.6) is 0 Å². The first-order valence-electron chi connectivity index (χ1n) is 8.15. The second kappa shape index (κ2) is 7.28. The zero-order valence-corrected chi connectivity index (χ0v) is 14.5. The Bertz CT molecular complexity index is 634. The number of carbonyl (C=O) groups is 1. The van der Waals surface area contributed by atoms with Crippen LogP contribution in [0.4, 0.5) is 0 Å². The molecule has 23 heavy (non-hydrogen) atoms. The van der Waals surface area contributed by atoms with Crippen LogP contribution in [-0.2, 0) is 16.0 Å². The SMILES string of the molecule is CC(C)c1ccc(C2CN(C(=O)Cc3cccs3)CCO2)cc1. The monoisotopic (exact) mass is 329 g/mol. The summed E-state index contributed by atoms with van der Waals surface area (Å²) in [6, 6.07) is 12.6. The van der Waals surface area contributed by atoms with Gasteiger partial charge in [0, 0.05) is 11.4 Å². The minimum atomic E-state index is -0.0164. The second-order valence-corrected chi connectivity index (χ2v) is 7.31. The Labute approximate surface area is 141 Å². The average Bonchev–Trinajstić information content (AvgIpc) is 3.08. The lowest BCUT2D eigenvalue weighted by Gasteiger charge is -2.33. The molecule has 1 aromatic carbocycles. The molecule has 1 atom stereocenters. The summed E-state index contributed by atoms with van der Waals surface area (Å²) >= 11 is 1.64. The van der Waals surface area contributed by atoms with Gasteiger partial charge in [-0.3, -0.25) is 4.79 Å². The molecule has 4 heteroatoms. The van der Waals surface area contributed by atoms with Crippen molar-refractivity contribution in [2.45, 2.75) is 32.3 Å². The predicted molar refractivity (Wildman–Crippen MR) is 93.8 cm³/mol. The molecular formula is C19H23NO2S. The summed E-state index contributed by atoms with van der Waals surface area (Å²) in [5.41, 5.74) is 2.48. The summed E-state index contributed by atoms with van der Waals surface area (Å²) in [5.74, 6) is 0.722. The molecule has 0 spiro atoms. The van der Waals surface area contributed by atoms with Gasteiger partial charge in [-0.15, -0.1) is 11.3 Å².